The molecule has 84 heavy (non-hydrogen) atoms. The van der Waals surface area contributed by atoms with E-state index in [0.717, 1.165) is 80.6 Å². The topological polar surface area (TPSA) is 138 Å². The second kappa shape index (κ2) is 39.7. The van der Waals surface area contributed by atoms with Gasteiger partial charge in [-0.2, -0.15) is 0 Å². The van der Waals surface area contributed by atoms with E-state index in [1.165, 1.54) is 0 Å². The molecular weight excluding hydrogens is 1130 g/mol. The molecule has 6 rings (SSSR count). The minimum atomic E-state index is -1.89. The van der Waals surface area contributed by atoms with Crippen LogP contribution in [0.25, 0.3) is 0 Å². The smallest absolute Gasteiger partial charge is 0.418 e. The number of unbranched alkanes of at least 4 members (excludes halogenated alkanes) is 3. The maximum absolute atomic E-state index is 6.46. The van der Waals surface area contributed by atoms with Gasteiger partial charge >= 0.3 is 25.8 Å². The molecule has 0 bridgehead atoms. The lowest BCUT2D eigenvalue weighted by Crippen LogP contribution is -2.18. The number of hydrogen-bond acceptors (Lipinski definition) is 15. The molecule has 15 nitrogen and oxygen atoms in total. The van der Waals surface area contributed by atoms with Gasteiger partial charge in [0.2, 0.25) is 0 Å². The molecule has 0 radical (unpaired) electrons. The van der Waals surface area contributed by atoms with Gasteiger partial charge in [0.15, 0.2) is 0 Å². The predicted molar refractivity (Wildman–Crippen MR) is 335 cm³/mol. The number of benzene rings is 6. The molecule has 0 amide bonds. The fourth-order valence-electron chi connectivity index (χ4n) is 7.97. The monoisotopic (exact) mass is 1210 g/mol. The molecule has 0 saturated heterocycles. The van der Waals surface area contributed by atoms with Crippen LogP contribution >= 0.6 is 25.8 Å². The highest BCUT2D eigenvalue weighted by atomic mass is 31.2. The molecule has 458 valence electrons. The fraction of sp³-hybridized carbons (Fsp3) is 0.455. The maximum Gasteiger partial charge on any atom is 0.463 e. The molecule has 2 atom stereocenters. The van der Waals surface area contributed by atoms with E-state index >= 15 is 0 Å². The van der Waals surface area contributed by atoms with Crippen molar-refractivity contribution in [2.75, 3.05) is 99.1 Å². The molecule has 0 aliphatic heterocycles. The summed E-state index contributed by atoms with van der Waals surface area (Å²) in [6.45, 7) is 22.5. The first kappa shape index (κ1) is 68.2. The largest absolute Gasteiger partial charge is 0.463 e. The summed E-state index contributed by atoms with van der Waals surface area (Å²) in [4.78, 5) is 0. The highest BCUT2D eigenvalue weighted by Gasteiger charge is 2.27. The van der Waals surface area contributed by atoms with Gasteiger partial charge < -0.3 is 55.6 Å². The summed E-state index contributed by atoms with van der Waals surface area (Å²) in [6, 6.07) is 51.2. The van der Waals surface area contributed by atoms with Crippen LogP contribution in [0.1, 0.15) is 109 Å². The molecule has 0 saturated carbocycles. The van der Waals surface area contributed by atoms with Crippen LogP contribution in [0.3, 0.4) is 0 Å². The third-order valence-corrected chi connectivity index (χ3v) is 16.5. The van der Waals surface area contributed by atoms with Crippen molar-refractivity contribution in [2.45, 2.75) is 97.8 Å². The van der Waals surface area contributed by atoms with Gasteiger partial charge in [-0.3, -0.25) is 13.6 Å². The Balaban J connectivity index is 1.05. The molecule has 0 N–H and O–H groups in total. The molecule has 18 heteroatoms. The molecule has 2 unspecified atom stereocenters. The van der Waals surface area contributed by atoms with Gasteiger partial charge in [0.05, 0.1) is 79.3 Å². The van der Waals surface area contributed by atoms with Crippen LogP contribution in [0.5, 0.6) is 34.5 Å². The summed E-state index contributed by atoms with van der Waals surface area (Å²) in [7, 11) is -5.41. The highest BCUT2D eigenvalue weighted by Crippen LogP contribution is 2.46. The molecule has 6 aromatic rings. The molecule has 0 heterocycles. The number of rotatable bonds is 46. The second-order valence-corrected chi connectivity index (χ2v) is 23.6. The fourth-order valence-corrected chi connectivity index (χ4v) is 10.8. The summed E-state index contributed by atoms with van der Waals surface area (Å²) in [5, 5.41) is 0. The average Bonchev–Trinajstić information content (AvgIpc) is 3.65. The van der Waals surface area contributed by atoms with E-state index in [4.69, 9.17) is 69.1 Å². The van der Waals surface area contributed by atoms with Crippen molar-refractivity contribution < 1.29 is 69.1 Å². The van der Waals surface area contributed by atoms with E-state index in [1.807, 2.05) is 109 Å². The Kier molecular flexibility index (Phi) is 32.2. The number of ether oxygens (including phenoxy) is 6. The second-order valence-electron chi connectivity index (χ2n) is 20.4. The van der Waals surface area contributed by atoms with Crippen LogP contribution in [0.15, 0.2) is 158 Å². The van der Waals surface area contributed by atoms with E-state index in [0.29, 0.717) is 107 Å². The molecule has 0 aliphatic carbocycles. The Morgan fingerprint density at radius 2 is 0.452 bits per heavy atom. The van der Waals surface area contributed by atoms with E-state index in [2.05, 4.69) is 97.0 Å². The van der Waals surface area contributed by atoms with Crippen LogP contribution in [0.4, 0.5) is 0 Å². The Labute approximate surface area is 504 Å². The van der Waals surface area contributed by atoms with Crippen LogP contribution in [0, 0.1) is 0 Å². The van der Waals surface area contributed by atoms with Crippen molar-refractivity contribution in [3.63, 3.8) is 0 Å². The zero-order valence-corrected chi connectivity index (χ0v) is 53.0. The first-order valence-electron chi connectivity index (χ1n) is 29.4. The van der Waals surface area contributed by atoms with Gasteiger partial charge in [0.25, 0.3) is 0 Å². The van der Waals surface area contributed by atoms with Gasteiger partial charge in [-0.1, -0.05) is 153 Å². The minimum absolute atomic E-state index is 0.266. The Hall–Kier alpha value is -4.95. The zero-order chi connectivity index (χ0) is 59.3. The first-order valence-corrected chi connectivity index (χ1v) is 32.7. The predicted octanol–water partition coefficient (Wildman–Crippen LogP) is 16.9. The summed E-state index contributed by atoms with van der Waals surface area (Å²) >= 11 is 0. The quantitative estimate of drug-likeness (QED) is 0.0264. The molecule has 0 aromatic heterocycles. The van der Waals surface area contributed by atoms with Crippen LogP contribution in [0.2, 0.25) is 0 Å². The molecule has 0 aliphatic rings. The van der Waals surface area contributed by atoms with Crippen molar-refractivity contribution in [2.24, 2.45) is 0 Å². The van der Waals surface area contributed by atoms with Crippen molar-refractivity contribution in [1.82, 2.24) is 0 Å². The lowest BCUT2D eigenvalue weighted by atomic mass is 9.78. The van der Waals surface area contributed by atoms with E-state index in [9.17, 15) is 0 Å². The van der Waals surface area contributed by atoms with Crippen molar-refractivity contribution >= 4 is 25.8 Å². The Morgan fingerprint density at radius 1 is 0.250 bits per heavy atom. The van der Waals surface area contributed by atoms with Crippen LogP contribution < -0.4 is 27.1 Å². The van der Waals surface area contributed by atoms with Gasteiger partial charge in [-0.15, -0.1) is 0 Å². The normalized spacial score (nSPS) is 12.8. The summed E-state index contributed by atoms with van der Waals surface area (Å²) in [5.41, 5.74) is 3.63. The first-order chi connectivity index (χ1) is 41.1. The maximum atomic E-state index is 6.46. The molecule has 6 aromatic carbocycles. The summed E-state index contributed by atoms with van der Waals surface area (Å²) in [6.07, 6.45) is 6.40. The van der Waals surface area contributed by atoms with E-state index < -0.39 is 25.8 Å². The minimum Gasteiger partial charge on any atom is -0.418 e. The van der Waals surface area contributed by atoms with Crippen molar-refractivity contribution in [3.8, 4) is 34.5 Å². The summed E-state index contributed by atoms with van der Waals surface area (Å²) < 4.78 is 90.3. The lowest BCUT2D eigenvalue weighted by Gasteiger charge is -2.27. The zero-order valence-electron chi connectivity index (χ0n) is 50.3. The van der Waals surface area contributed by atoms with E-state index in [1.54, 1.807) is 0 Å². The third kappa shape index (κ3) is 25.6. The van der Waals surface area contributed by atoms with E-state index in [-0.39, 0.29) is 17.4 Å². The molecular formula is C66H89O15P3. The Morgan fingerprint density at radius 3 is 0.679 bits per heavy atom. The lowest BCUT2D eigenvalue weighted by molar-refractivity contribution is 0.0346. The molecule has 0 spiro atoms. The van der Waals surface area contributed by atoms with Crippen LogP contribution in [-0.2, 0) is 52.8 Å². The summed E-state index contributed by atoms with van der Waals surface area (Å²) in [5.74, 6) is 3.79. The SMILES string of the molecule is CCCCOCCOCCOP(Oc1ccccc1)Oc1ccc(C(C)(C)c2ccc(OP(OCCOCCOCCCC)Oc3ccc(C(C)(C)c4ccc(OP(OCCOCCOCCCC)Oc5ccccc5)cc4)cc3)cc2)cc1. The van der Waals surface area contributed by atoms with Crippen molar-refractivity contribution in [1.29, 1.82) is 0 Å². The van der Waals surface area contributed by atoms with Crippen LogP contribution in [-0.4, -0.2) is 99.1 Å². The Bertz CT molecular complexity index is 2430. The van der Waals surface area contributed by atoms with Gasteiger partial charge in [0, 0.05) is 30.7 Å². The standard InChI is InChI=1S/C66H89O15P3/c1-8-11-40-67-43-46-70-49-52-73-82(76-59-20-16-14-17-21-59)78-61-32-24-55(25-33-61)65(4,5)57-28-36-63(37-29-57)80-84(75-54-51-72-48-45-69-42-13-10-3)81-64-38-30-58(31-39-64)66(6,7)56-26-34-62(35-27-56)79-83(77-60-22-18-15-19-23-60)74-53-50-71-47-44-68-41-12-9-2/h14-39H,8-13,40-54H2,1-7H3. The van der Waals surface area contributed by atoms with Gasteiger partial charge in [-0.25, -0.2) is 0 Å². The number of para-hydroxylation sites is 2. The molecule has 0 fully saturated rings. The van der Waals surface area contributed by atoms with Gasteiger partial charge in [-0.05, 0) is 114 Å². The average molecular weight is 1220 g/mol. The number of hydrogen-bond donors (Lipinski definition) is 0. The highest BCUT2D eigenvalue weighted by molar-refractivity contribution is 7.43. The van der Waals surface area contributed by atoms with Gasteiger partial charge in [0.1, 0.15) is 34.5 Å². The third-order valence-electron chi connectivity index (χ3n) is 13.2. The van der Waals surface area contributed by atoms with Crippen molar-refractivity contribution in [3.05, 3.63) is 180 Å².